The van der Waals surface area contributed by atoms with Gasteiger partial charge in [0.15, 0.2) is 11.2 Å². The second-order valence-electron chi connectivity index (χ2n) is 7.95. The third-order valence-electron chi connectivity index (χ3n) is 5.82. The molecule has 0 bridgehead atoms. The highest BCUT2D eigenvalue weighted by Crippen LogP contribution is 2.22. The molecule has 1 N–H and O–H groups in total. The van der Waals surface area contributed by atoms with Gasteiger partial charge in [0.25, 0.3) is 5.56 Å². The number of fused-ring (bicyclic) bond motifs is 1. The normalized spacial score (nSPS) is 13.9. The fourth-order valence-electron chi connectivity index (χ4n) is 4.09. The Kier molecular flexibility index (Phi) is 6.39. The molecule has 0 atom stereocenters. The van der Waals surface area contributed by atoms with Crippen molar-refractivity contribution in [1.82, 2.24) is 23.6 Å². The van der Waals surface area contributed by atoms with Gasteiger partial charge < -0.3 is 19.6 Å². The van der Waals surface area contributed by atoms with Crippen molar-refractivity contribution in [2.24, 2.45) is 7.05 Å². The summed E-state index contributed by atoms with van der Waals surface area (Å²) in [5.41, 5.74) is -0.00722. The fraction of sp³-hybridized carbons (Fsp3) is 0.409. The predicted octanol–water partition coefficient (Wildman–Crippen LogP) is 0.308. The Hall–Kier alpha value is -4.09. The number of aryl methyl sites for hydroxylation is 1. The monoisotopic (exact) mass is 470 g/mol. The molecule has 34 heavy (non-hydrogen) atoms. The number of carboxylic acid groups (broad SMARTS) is 1. The summed E-state index contributed by atoms with van der Waals surface area (Å²) in [4.78, 5) is 57.6. The van der Waals surface area contributed by atoms with Crippen LogP contribution in [0.2, 0.25) is 0 Å². The Balaban J connectivity index is 1.87. The molecular formula is C22H26N6O6. The first-order chi connectivity index (χ1) is 16.3. The lowest BCUT2D eigenvalue weighted by Crippen LogP contribution is -2.49. The largest absolute Gasteiger partial charge is 0.465 e. The summed E-state index contributed by atoms with van der Waals surface area (Å²) in [5.74, 6) is -0.218. The molecule has 0 saturated carbocycles. The minimum Gasteiger partial charge on any atom is -0.465 e. The molecule has 4 rings (SSSR count). The van der Waals surface area contributed by atoms with Gasteiger partial charge >= 0.3 is 17.8 Å². The lowest BCUT2D eigenvalue weighted by molar-refractivity contribution is -0.143. The van der Waals surface area contributed by atoms with Crippen molar-refractivity contribution < 1.29 is 19.4 Å². The molecule has 3 heterocycles. The quantitative estimate of drug-likeness (QED) is 0.509. The smallest absolute Gasteiger partial charge is 0.407 e. The number of benzene rings is 1. The van der Waals surface area contributed by atoms with Crippen LogP contribution in [-0.4, -0.2) is 73.5 Å². The molecular weight excluding hydrogens is 444 g/mol. The zero-order valence-corrected chi connectivity index (χ0v) is 19.0. The van der Waals surface area contributed by atoms with Gasteiger partial charge in [0, 0.05) is 33.2 Å². The maximum Gasteiger partial charge on any atom is 0.407 e. The number of hydrogen-bond acceptors (Lipinski definition) is 7. The fourth-order valence-corrected chi connectivity index (χ4v) is 4.09. The Morgan fingerprint density at radius 3 is 2.35 bits per heavy atom. The van der Waals surface area contributed by atoms with Gasteiger partial charge in [-0.05, 0) is 12.5 Å². The summed E-state index contributed by atoms with van der Waals surface area (Å²) in [6.45, 7) is 2.93. The van der Waals surface area contributed by atoms with E-state index in [1.54, 1.807) is 11.5 Å². The van der Waals surface area contributed by atoms with E-state index in [0.717, 1.165) is 10.1 Å². The van der Waals surface area contributed by atoms with E-state index in [9.17, 15) is 24.3 Å². The second-order valence-corrected chi connectivity index (χ2v) is 7.95. The molecule has 1 amide bonds. The van der Waals surface area contributed by atoms with Crippen molar-refractivity contribution in [3.8, 4) is 0 Å². The standard InChI is InChI=1S/C22H26N6O6/c1-3-34-16(29)14-28-19(30)17-18(24(2)21(28)31)23-20(25-9-11-26(12-10-25)22(32)33)27(17)13-15-7-5-4-6-8-15/h4-8H,3,9-14H2,1-2H3,(H,32,33). The van der Waals surface area contributed by atoms with Crippen LogP contribution in [0.15, 0.2) is 39.9 Å². The van der Waals surface area contributed by atoms with E-state index in [4.69, 9.17) is 4.74 Å². The number of piperazine rings is 1. The lowest BCUT2D eigenvalue weighted by atomic mass is 10.2. The third-order valence-corrected chi connectivity index (χ3v) is 5.82. The molecule has 1 fully saturated rings. The summed E-state index contributed by atoms with van der Waals surface area (Å²) in [6, 6.07) is 9.48. The van der Waals surface area contributed by atoms with E-state index in [-0.39, 0.29) is 30.9 Å². The average molecular weight is 470 g/mol. The van der Waals surface area contributed by atoms with E-state index in [1.807, 2.05) is 35.2 Å². The van der Waals surface area contributed by atoms with Crippen LogP contribution in [0.25, 0.3) is 11.2 Å². The first kappa shape index (κ1) is 23.1. The molecule has 1 aromatic carbocycles. The SMILES string of the molecule is CCOC(=O)Cn1c(=O)c2c(nc(N3CCN(C(=O)O)CC3)n2Cc2ccccc2)n(C)c1=O. The first-order valence-corrected chi connectivity index (χ1v) is 10.9. The zero-order chi connectivity index (χ0) is 24.4. The minimum atomic E-state index is -0.985. The Morgan fingerprint density at radius 1 is 1.06 bits per heavy atom. The lowest BCUT2D eigenvalue weighted by Gasteiger charge is -2.33. The molecule has 1 aliphatic heterocycles. The number of nitrogens with zero attached hydrogens (tertiary/aromatic N) is 6. The van der Waals surface area contributed by atoms with E-state index >= 15 is 0 Å². The van der Waals surface area contributed by atoms with Crippen LogP contribution in [0.1, 0.15) is 12.5 Å². The summed E-state index contributed by atoms with van der Waals surface area (Å²) in [5, 5.41) is 9.27. The minimum absolute atomic E-state index is 0.133. The van der Waals surface area contributed by atoms with Crippen molar-refractivity contribution in [3.63, 3.8) is 0 Å². The number of hydrogen-bond donors (Lipinski definition) is 1. The van der Waals surface area contributed by atoms with Crippen molar-refractivity contribution in [1.29, 1.82) is 0 Å². The number of amides is 1. The number of carbonyl (C=O) groups excluding carboxylic acids is 1. The number of imidazole rings is 1. The van der Waals surface area contributed by atoms with Crippen LogP contribution >= 0.6 is 0 Å². The Morgan fingerprint density at radius 2 is 1.74 bits per heavy atom. The van der Waals surface area contributed by atoms with Crippen molar-refractivity contribution in [2.45, 2.75) is 20.0 Å². The van der Waals surface area contributed by atoms with Crippen LogP contribution < -0.4 is 16.1 Å². The van der Waals surface area contributed by atoms with Crippen molar-refractivity contribution in [2.75, 3.05) is 37.7 Å². The first-order valence-electron chi connectivity index (χ1n) is 10.9. The van der Waals surface area contributed by atoms with Gasteiger partial charge in [0.05, 0.1) is 13.2 Å². The third kappa shape index (κ3) is 4.26. The predicted molar refractivity (Wildman–Crippen MR) is 123 cm³/mol. The summed E-state index contributed by atoms with van der Waals surface area (Å²) in [6.07, 6.45) is -0.985. The number of rotatable bonds is 6. The highest BCUT2D eigenvalue weighted by atomic mass is 16.5. The van der Waals surface area contributed by atoms with Crippen LogP contribution in [0, 0.1) is 0 Å². The molecule has 180 valence electrons. The molecule has 1 saturated heterocycles. The van der Waals surface area contributed by atoms with E-state index in [1.165, 1.54) is 16.5 Å². The molecule has 0 unspecified atom stereocenters. The van der Waals surface area contributed by atoms with E-state index in [0.29, 0.717) is 25.6 Å². The number of esters is 1. The molecule has 0 radical (unpaired) electrons. The number of aromatic nitrogens is 4. The van der Waals surface area contributed by atoms with Crippen molar-refractivity contribution >= 4 is 29.2 Å². The van der Waals surface area contributed by atoms with Gasteiger partial charge in [-0.15, -0.1) is 0 Å². The topological polar surface area (TPSA) is 132 Å². The van der Waals surface area contributed by atoms with Gasteiger partial charge in [-0.2, -0.15) is 4.98 Å². The summed E-state index contributed by atoms with van der Waals surface area (Å²) in [7, 11) is 1.50. The van der Waals surface area contributed by atoms with Gasteiger partial charge in [0.2, 0.25) is 5.95 Å². The highest BCUT2D eigenvalue weighted by molar-refractivity contribution is 5.76. The summed E-state index contributed by atoms with van der Waals surface area (Å²) >= 11 is 0. The molecule has 1 aliphatic rings. The molecule has 12 nitrogen and oxygen atoms in total. The van der Waals surface area contributed by atoms with Crippen LogP contribution in [0.3, 0.4) is 0 Å². The van der Waals surface area contributed by atoms with Crippen LogP contribution in [0.5, 0.6) is 0 Å². The van der Waals surface area contributed by atoms with Crippen LogP contribution in [0.4, 0.5) is 10.7 Å². The number of anilines is 1. The molecule has 2 aromatic heterocycles. The maximum absolute atomic E-state index is 13.5. The molecule has 12 heteroatoms. The zero-order valence-electron chi connectivity index (χ0n) is 19.0. The van der Waals surface area contributed by atoms with Gasteiger partial charge in [0.1, 0.15) is 6.54 Å². The molecule has 0 spiro atoms. The number of carbonyl (C=O) groups is 2. The second kappa shape index (κ2) is 9.41. The molecule has 0 aliphatic carbocycles. The van der Waals surface area contributed by atoms with E-state index < -0.39 is 29.9 Å². The van der Waals surface area contributed by atoms with E-state index in [2.05, 4.69) is 4.98 Å². The average Bonchev–Trinajstić information content (AvgIpc) is 3.20. The molecule has 3 aromatic rings. The van der Waals surface area contributed by atoms with Gasteiger partial charge in [-0.25, -0.2) is 14.2 Å². The summed E-state index contributed by atoms with van der Waals surface area (Å²) < 4.78 is 8.76. The number of ether oxygens (including phenoxy) is 1. The maximum atomic E-state index is 13.5. The van der Waals surface area contributed by atoms with Gasteiger partial charge in [-0.3, -0.25) is 18.7 Å². The van der Waals surface area contributed by atoms with Crippen molar-refractivity contribution in [3.05, 3.63) is 56.7 Å². The Bertz CT molecular complexity index is 1330. The van der Waals surface area contributed by atoms with Crippen LogP contribution in [-0.2, 0) is 29.7 Å². The van der Waals surface area contributed by atoms with Gasteiger partial charge in [-0.1, -0.05) is 30.3 Å². The highest BCUT2D eigenvalue weighted by Gasteiger charge is 2.27. The Labute approximate surface area is 194 Å².